The van der Waals surface area contributed by atoms with E-state index in [0.29, 0.717) is 0 Å². The second kappa shape index (κ2) is 7.97. The molecular formula is C19H23N5OS. The number of piperazine rings is 1. The predicted molar refractivity (Wildman–Crippen MR) is 105 cm³/mol. The second-order valence-corrected chi connectivity index (χ2v) is 7.35. The molecular weight excluding hydrogens is 346 g/mol. The van der Waals surface area contributed by atoms with E-state index >= 15 is 0 Å². The Balaban J connectivity index is 1.26. The number of aromatic nitrogens is 3. The Morgan fingerprint density at radius 3 is 2.77 bits per heavy atom. The van der Waals surface area contributed by atoms with Crippen molar-refractivity contribution in [3.8, 4) is 5.75 Å². The van der Waals surface area contributed by atoms with Crippen LogP contribution in [0.1, 0.15) is 0 Å². The Labute approximate surface area is 157 Å². The fraction of sp³-hybridized carbons (Fsp3) is 0.368. The molecule has 1 aliphatic heterocycles. The molecule has 1 saturated heterocycles. The molecule has 0 unspecified atom stereocenters. The van der Waals surface area contributed by atoms with E-state index < -0.39 is 0 Å². The van der Waals surface area contributed by atoms with Gasteiger partial charge in [0.05, 0.1) is 7.11 Å². The Hall–Kier alpha value is -2.25. The number of methoxy groups -OCH3 is 1. The van der Waals surface area contributed by atoms with E-state index in [1.165, 1.54) is 5.69 Å². The number of rotatable bonds is 6. The van der Waals surface area contributed by atoms with Gasteiger partial charge in [-0.1, -0.05) is 23.9 Å². The predicted octanol–water partition coefficient (Wildman–Crippen LogP) is 2.65. The summed E-state index contributed by atoms with van der Waals surface area (Å²) in [6.07, 6.45) is 2.02. The summed E-state index contributed by atoms with van der Waals surface area (Å²) in [6, 6.07) is 14.3. The summed E-state index contributed by atoms with van der Waals surface area (Å²) in [5.41, 5.74) is 2.15. The number of hydrogen-bond donors (Lipinski definition) is 0. The summed E-state index contributed by atoms with van der Waals surface area (Å²) in [7, 11) is 1.72. The summed E-state index contributed by atoms with van der Waals surface area (Å²) in [4.78, 5) is 4.95. The van der Waals surface area contributed by atoms with Crippen molar-refractivity contribution in [2.24, 2.45) is 0 Å². The zero-order valence-corrected chi connectivity index (χ0v) is 15.7. The normalized spacial score (nSPS) is 15.5. The Kier molecular flexibility index (Phi) is 5.26. The van der Waals surface area contributed by atoms with Crippen molar-refractivity contribution in [2.45, 2.75) is 5.16 Å². The SMILES string of the molecule is COc1cccc(N2CCN(CCSc3nnc4ccccn34)CC2)c1. The van der Waals surface area contributed by atoms with Crippen molar-refractivity contribution in [3.05, 3.63) is 48.7 Å². The van der Waals surface area contributed by atoms with Gasteiger partial charge in [0, 0.05) is 56.4 Å². The molecule has 0 atom stereocenters. The number of ether oxygens (including phenoxy) is 1. The van der Waals surface area contributed by atoms with E-state index in [1.54, 1.807) is 18.9 Å². The van der Waals surface area contributed by atoms with E-state index in [1.807, 2.05) is 34.9 Å². The molecule has 0 N–H and O–H groups in total. The fourth-order valence-corrected chi connectivity index (χ4v) is 4.14. The van der Waals surface area contributed by atoms with Gasteiger partial charge in [-0.15, -0.1) is 10.2 Å². The molecule has 0 amide bonds. The molecule has 0 bridgehead atoms. The van der Waals surface area contributed by atoms with Gasteiger partial charge in [-0.2, -0.15) is 0 Å². The number of thioether (sulfide) groups is 1. The molecule has 0 saturated carbocycles. The molecule has 7 heteroatoms. The van der Waals surface area contributed by atoms with E-state index in [2.05, 4.69) is 38.2 Å². The van der Waals surface area contributed by atoms with Crippen LogP contribution in [0, 0.1) is 0 Å². The average Bonchev–Trinajstić information content (AvgIpc) is 3.12. The molecule has 2 aromatic heterocycles. The van der Waals surface area contributed by atoms with Crippen LogP contribution >= 0.6 is 11.8 Å². The van der Waals surface area contributed by atoms with Crippen molar-refractivity contribution in [1.82, 2.24) is 19.5 Å². The quantitative estimate of drug-likeness (QED) is 0.623. The van der Waals surface area contributed by atoms with Gasteiger partial charge in [0.2, 0.25) is 0 Å². The highest BCUT2D eigenvalue weighted by molar-refractivity contribution is 7.99. The third-order valence-electron chi connectivity index (χ3n) is 4.71. The van der Waals surface area contributed by atoms with Gasteiger partial charge in [0.15, 0.2) is 10.8 Å². The van der Waals surface area contributed by atoms with Gasteiger partial charge >= 0.3 is 0 Å². The lowest BCUT2D eigenvalue weighted by Crippen LogP contribution is -2.47. The number of anilines is 1. The molecule has 0 radical (unpaired) electrons. The maximum Gasteiger partial charge on any atom is 0.195 e. The average molecular weight is 369 g/mol. The first-order chi connectivity index (χ1) is 12.8. The van der Waals surface area contributed by atoms with Crippen LogP contribution in [0.25, 0.3) is 5.65 Å². The van der Waals surface area contributed by atoms with E-state index in [4.69, 9.17) is 4.74 Å². The molecule has 3 aromatic rings. The lowest BCUT2D eigenvalue weighted by atomic mass is 10.2. The number of hydrogen-bond acceptors (Lipinski definition) is 6. The third-order valence-corrected chi connectivity index (χ3v) is 5.64. The second-order valence-electron chi connectivity index (χ2n) is 6.29. The first-order valence-electron chi connectivity index (χ1n) is 8.87. The Bertz CT molecular complexity index is 860. The van der Waals surface area contributed by atoms with E-state index in [9.17, 15) is 0 Å². The van der Waals surface area contributed by atoms with Gasteiger partial charge in [-0.05, 0) is 24.3 Å². The zero-order valence-electron chi connectivity index (χ0n) is 14.9. The highest BCUT2D eigenvalue weighted by Gasteiger charge is 2.17. The van der Waals surface area contributed by atoms with Crippen molar-refractivity contribution < 1.29 is 4.74 Å². The molecule has 6 nitrogen and oxygen atoms in total. The molecule has 1 fully saturated rings. The number of nitrogens with zero attached hydrogens (tertiary/aromatic N) is 5. The van der Waals surface area contributed by atoms with Gasteiger partial charge in [-0.3, -0.25) is 9.30 Å². The number of benzene rings is 1. The van der Waals surface area contributed by atoms with Crippen molar-refractivity contribution in [2.75, 3.05) is 50.5 Å². The van der Waals surface area contributed by atoms with Crippen LogP contribution in [0.2, 0.25) is 0 Å². The third kappa shape index (κ3) is 3.78. The summed E-state index contributed by atoms with van der Waals surface area (Å²) < 4.78 is 7.38. The first-order valence-corrected chi connectivity index (χ1v) is 9.86. The summed E-state index contributed by atoms with van der Waals surface area (Å²) in [6.45, 7) is 5.33. The smallest absolute Gasteiger partial charge is 0.195 e. The van der Waals surface area contributed by atoms with Crippen LogP contribution in [0.3, 0.4) is 0 Å². The fourth-order valence-electron chi connectivity index (χ4n) is 3.22. The van der Waals surface area contributed by atoms with E-state index in [-0.39, 0.29) is 0 Å². The molecule has 1 aliphatic rings. The zero-order chi connectivity index (χ0) is 17.8. The van der Waals surface area contributed by atoms with Crippen molar-refractivity contribution >= 4 is 23.1 Å². The monoisotopic (exact) mass is 369 g/mol. The molecule has 0 aliphatic carbocycles. The molecule has 136 valence electrons. The van der Waals surface area contributed by atoms with Crippen molar-refractivity contribution in [3.63, 3.8) is 0 Å². The first kappa shape index (κ1) is 17.2. The highest BCUT2D eigenvalue weighted by Crippen LogP contribution is 2.22. The minimum atomic E-state index is 0.905. The maximum atomic E-state index is 5.33. The standard InChI is InChI=1S/C19H23N5OS/c1-25-17-6-4-5-16(15-17)23-11-9-22(10-12-23)13-14-26-19-21-20-18-7-2-3-8-24(18)19/h2-8,15H,9-14H2,1H3. The molecule has 26 heavy (non-hydrogen) atoms. The minimum Gasteiger partial charge on any atom is -0.497 e. The summed E-state index contributed by atoms with van der Waals surface area (Å²) >= 11 is 1.77. The lowest BCUT2D eigenvalue weighted by molar-refractivity contribution is 0.273. The van der Waals surface area contributed by atoms with Crippen LogP contribution in [-0.4, -0.2) is 65.1 Å². The maximum absolute atomic E-state index is 5.33. The number of pyridine rings is 1. The number of fused-ring (bicyclic) bond motifs is 1. The molecule has 1 aromatic carbocycles. The minimum absolute atomic E-state index is 0.905. The summed E-state index contributed by atoms with van der Waals surface area (Å²) in [5.74, 6) is 1.94. The highest BCUT2D eigenvalue weighted by atomic mass is 32.2. The van der Waals surface area contributed by atoms with Gasteiger partial charge in [0.25, 0.3) is 0 Å². The Morgan fingerprint density at radius 1 is 1.04 bits per heavy atom. The van der Waals surface area contributed by atoms with Crippen LogP contribution in [-0.2, 0) is 0 Å². The van der Waals surface area contributed by atoms with Gasteiger partial charge < -0.3 is 9.64 Å². The van der Waals surface area contributed by atoms with Gasteiger partial charge in [0.1, 0.15) is 5.75 Å². The molecule has 4 rings (SSSR count). The molecule has 0 spiro atoms. The summed E-state index contributed by atoms with van der Waals surface area (Å²) in [5, 5.41) is 9.45. The topological polar surface area (TPSA) is 45.9 Å². The largest absolute Gasteiger partial charge is 0.497 e. The Morgan fingerprint density at radius 2 is 1.92 bits per heavy atom. The van der Waals surface area contributed by atoms with E-state index in [0.717, 1.165) is 55.0 Å². The molecule has 3 heterocycles. The van der Waals surface area contributed by atoms with Crippen LogP contribution in [0.5, 0.6) is 5.75 Å². The lowest BCUT2D eigenvalue weighted by Gasteiger charge is -2.36. The van der Waals surface area contributed by atoms with Crippen LogP contribution in [0.15, 0.2) is 53.8 Å². The van der Waals surface area contributed by atoms with Crippen LogP contribution < -0.4 is 9.64 Å². The van der Waals surface area contributed by atoms with Crippen molar-refractivity contribution in [1.29, 1.82) is 0 Å². The van der Waals surface area contributed by atoms with Crippen LogP contribution in [0.4, 0.5) is 5.69 Å². The van der Waals surface area contributed by atoms with Gasteiger partial charge in [-0.25, -0.2) is 0 Å².